The van der Waals surface area contributed by atoms with Gasteiger partial charge in [-0.3, -0.25) is 14.5 Å². The van der Waals surface area contributed by atoms with Crippen LogP contribution in [-0.2, 0) is 16.9 Å². The second-order valence-corrected chi connectivity index (χ2v) is 9.49. The molecule has 0 radical (unpaired) electrons. The van der Waals surface area contributed by atoms with E-state index in [1.807, 2.05) is 24.5 Å². The highest BCUT2D eigenvalue weighted by atomic mass is 19.1. The molecule has 172 valence electrons. The molecule has 1 saturated heterocycles. The van der Waals surface area contributed by atoms with Crippen molar-refractivity contribution in [3.8, 4) is 11.3 Å². The number of fused-ring (bicyclic) bond motifs is 5. The molecule has 1 N–H and O–H groups in total. The van der Waals surface area contributed by atoms with E-state index in [0.717, 1.165) is 16.8 Å². The Morgan fingerprint density at radius 3 is 2.61 bits per heavy atom. The summed E-state index contributed by atoms with van der Waals surface area (Å²) >= 11 is 0. The van der Waals surface area contributed by atoms with Gasteiger partial charge in [-0.25, -0.2) is 4.39 Å². The highest BCUT2D eigenvalue weighted by molar-refractivity contribution is 5.93. The summed E-state index contributed by atoms with van der Waals surface area (Å²) in [6.07, 6.45) is 2.43. The molecule has 4 heterocycles. The second kappa shape index (κ2) is 7.08. The zero-order chi connectivity index (χ0) is 23.7. The van der Waals surface area contributed by atoms with Gasteiger partial charge in [0.25, 0.3) is 5.91 Å². The lowest BCUT2D eigenvalue weighted by Crippen LogP contribution is -2.70. The summed E-state index contributed by atoms with van der Waals surface area (Å²) in [6.45, 7) is 7.95. The fraction of sp³-hybridized carbons (Fsp3) is 0.417. The number of carbonyl (C=O) groups is 2. The molecule has 0 saturated carbocycles. The third kappa shape index (κ3) is 3.13. The number of amides is 2. The third-order valence-corrected chi connectivity index (χ3v) is 6.67. The Morgan fingerprint density at radius 1 is 1.27 bits per heavy atom. The van der Waals surface area contributed by atoms with Gasteiger partial charge in [-0.15, -0.1) is 0 Å². The molecule has 1 fully saturated rings. The zero-order valence-corrected chi connectivity index (χ0v) is 19.2. The molecular formula is C24H27FN5O3+. The second-order valence-electron chi connectivity index (χ2n) is 9.49. The van der Waals surface area contributed by atoms with E-state index in [4.69, 9.17) is 5.10 Å². The Hall–Kier alpha value is -3.33. The van der Waals surface area contributed by atoms with Crippen LogP contribution in [0.25, 0.3) is 16.9 Å². The van der Waals surface area contributed by atoms with Gasteiger partial charge < -0.3 is 10.0 Å². The van der Waals surface area contributed by atoms with Crippen LogP contribution < -0.4 is 4.57 Å². The van der Waals surface area contributed by atoms with Gasteiger partial charge >= 0.3 is 11.6 Å². The highest BCUT2D eigenvalue weighted by Gasteiger charge is 2.57. The molecule has 3 aromatic rings. The lowest BCUT2D eigenvalue weighted by atomic mass is 10.0. The van der Waals surface area contributed by atoms with Gasteiger partial charge in [0.05, 0.1) is 6.54 Å². The van der Waals surface area contributed by atoms with Crippen LogP contribution in [-0.4, -0.2) is 61.6 Å². The molecule has 9 heteroatoms. The number of rotatable bonds is 3. The maximum absolute atomic E-state index is 13.4. The van der Waals surface area contributed by atoms with Crippen molar-refractivity contribution >= 4 is 17.5 Å². The minimum absolute atomic E-state index is 0.108. The molecule has 1 atom stereocenters. The van der Waals surface area contributed by atoms with Crippen molar-refractivity contribution in [2.75, 3.05) is 19.6 Å². The van der Waals surface area contributed by atoms with E-state index in [2.05, 4.69) is 0 Å². The SMILES string of the molecule is CCc1cc(-c2ccc(F)cc2)nn2cc3[n+](c12)C1(C)CN(C(=O)C(C)(C)O)CCN1C3=O. The van der Waals surface area contributed by atoms with Gasteiger partial charge in [0.2, 0.25) is 11.4 Å². The monoisotopic (exact) mass is 452 g/mol. The van der Waals surface area contributed by atoms with E-state index in [0.29, 0.717) is 30.9 Å². The van der Waals surface area contributed by atoms with Crippen molar-refractivity contribution < 1.29 is 23.7 Å². The average Bonchev–Trinajstić information content (AvgIpc) is 3.26. The molecule has 8 nitrogen and oxygen atoms in total. The first-order valence-corrected chi connectivity index (χ1v) is 11.1. The number of hydrogen-bond donors (Lipinski definition) is 1. The zero-order valence-electron chi connectivity index (χ0n) is 19.2. The Morgan fingerprint density at radius 2 is 1.97 bits per heavy atom. The quantitative estimate of drug-likeness (QED) is 0.614. The minimum atomic E-state index is -1.49. The summed E-state index contributed by atoms with van der Waals surface area (Å²) in [5.41, 5.74) is 1.46. The third-order valence-electron chi connectivity index (χ3n) is 6.67. The maximum atomic E-state index is 13.4. The molecule has 1 unspecified atom stereocenters. The summed E-state index contributed by atoms with van der Waals surface area (Å²) in [7, 11) is 0. The van der Waals surface area contributed by atoms with Crippen LogP contribution in [0.4, 0.5) is 4.39 Å². The normalized spacial score (nSPS) is 20.4. The van der Waals surface area contributed by atoms with Crippen LogP contribution in [0, 0.1) is 5.82 Å². The van der Waals surface area contributed by atoms with Crippen LogP contribution in [0.2, 0.25) is 0 Å². The van der Waals surface area contributed by atoms with Crippen LogP contribution in [0.15, 0.2) is 36.5 Å². The fourth-order valence-corrected chi connectivity index (χ4v) is 5.05. The molecular weight excluding hydrogens is 425 g/mol. The Bertz CT molecular complexity index is 1290. The number of aliphatic hydroxyl groups is 1. The van der Waals surface area contributed by atoms with E-state index in [9.17, 15) is 19.1 Å². The van der Waals surface area contributed by atoms with Crippen molar-refractivity contribution in [2.45, 2.75) is 45.4 Å². The number of imidazole rings is 1. The number of benzene rings is 1. The smallest absolute Gasteiger partial charge is 0.313 e. The lowest BCUT2D eigenvalue weighted by molar-refractivity contribution is -0.749. The standard InChI is InChI=1S/C24H27FN5O3/c1-5-15-12-18(16-6-8-17(25)9-7-16)26-29-13-19-21(31)28-11-10-27(22(32)23(2,3)33)14-24(28,4)30(19)20(15)29/h6-9,12-13,33H,5,10-11,14H2,1-4H3/q+1. The largest absolute Gasteiger partial charge is 0.381 e. The summed E-state index contributed by atoms with van der Waals surface area (Å²) < 4.78 is 17.1. The van der Waals surface area contributed by atoms with E-state index in [-0.39, 0.29) is 24.2 Å². The molecule has 2 amide bonds. The predicted octanol–water partition coefficient (Wildman–Crippen LogP) is 1.73. The number of carbonyl (C=O) groups excluding carboxylic acids is 2. The summed E-state index contributed by atoms with van der Waals surface area (Å²) in [5.74, 6) is -0.781. The topological polar surface area (TPSA) is 82.0 Å². The number of hydrogen-bond acceptors (Lipinski definition) is 4. The van der Waals surface area contributed by atoms with E-state index in [1.54, 1.807) is 32.6 Å². The molecule has 33 heavy (non-hydrogen) atoms. The van der Waals surface area contributed by atoms with Gasteiger partial charge in [0, 0.05) is 31.1 Å². The molecule has 0 aliphatic carbocycles. The molecule has 0 spiro atoms. The molecule has 1 aromatic carbocycles. The molecule has 5 rings (SSSR count). The lowest BCUT2D eigenvalue weighted by Gasteiger charge is -2.43. The van der Waals surface area contributed by atoms with Crippen molar-refractivity contribution in [3.63, 3.8) is 0 Å². The number of piperazine rings is 1. The number of halogens is 1. The molecule has 2 aliphatic heterocycles. The van der Waals surface area contributed by atoms with Gasteiger partial charge in [-0.2, -0.15) is 4.57 Å². The van der Waals surface area contributed by atoms with E-state index < -0.39 is 11.3 Å². The van der Waals surface area contributed by atoms with Crippen LogP contribution in [0.3, 0.4) is 0 Å². The Kier molecular flexibility index (Phi) is 4.62. The minimum Gasteiger partial charge on any atom is -0.381 e. The number of aryl methyl sites for hydroxylation is 1. The van der Waals surface area contributed by atoms with Crippen molar-refractivity contribution in [2.24, 2.45) is 0 Å². The van der Waals surface area contributed by atoms with Crippen LogP contribution in [0.1, 0.15) is 43.7 Å². The first-order chi connectivity index (χ1) is 15.5. The molecule has 2 aliphatic rings. The summed E-state index contributed by atoms with van der Waals surface area (Å²) in [5, 5.41) is 15.0. The van der Waals surface area contributed by atoms with Crippen molar-refractivity contribution in [3.05, 3.63) is 53.6 Å². The highest BCUT2D eigenvalue weighted by Crippen LogP contribution is 2.33. The average molecular weight is 453 g/mol. The number of nitrogens with zero attached hydrogens (tertiary/aromatic N) is 5. The van der Waals surface area contributed by atoms with Crippen LogP contribution in [0.5, 0.6) is 0 Å². The first kappa shape index (κ1) is 21.5. The fourth-order valence-electron chi connectivity index (χ4n) is 5.05. The number of aromatic nitrogens is 3. The summed E-state index contributed by atoms with van der Waals surface area (Å²) in [4.78, 5) is 29.6. The summed E-state index contributed by atoms with van der Waals surface area (Å²) in [6, 6.07) is 8.13. The van der Waals surface area contributed by atoms with Crippen molar-refractivity contribution in [1.82, 2.24) is 19.4 Å². The van der Waals surface area contributed by atoms with Gasteiger partial charge in [-0.1, -0.05) is 16.5 Å². The Labute approximate surface area is 190 Å². The van der Waals surface area contributed by atoms with E-state index >= 15 is 0 Å². The maximum Gasteiger partial charge on any atom is 0.313 e. The predicted molar refractivity (Wildman–Crippen MR) is 118 cm³/mol. The van der Waals surface area contributed by atoms with Gasteiger partial charge in [0.15, 0.2) is 6.20 Å². The van der Waals surface area contributed by atoms with Gasteiger partial charge in [-0.05, 0) is 50.6 Å². The van der Waals surface area contributed by atoms with Crippen LogP contribution >= 0.6 is 0 Å². The van der Waals surface area contributed by atoms with Gasteiger partial charge in [0.1, 0.15) is 17.1 Å². The molecule has 2 aromatic heterocycles. The van der Waals surface area contributed by atoms with E-state index in [1.165, 1.54) is 26.0 Å². The Balaban J connectivity index is 1.66. The van der Waals surface area contributed by atoms with Crippen molar-refractivity contribution in [1.29, 1.82) is 0 Å². The molecule has 0 bridgehead atoms. The first-order valence-electron chi connectivity index (χ1n) is 11.1.